The second-order valence-electron chi connectivity index (χ2n) is 8.83. The maximum absolute atomic E-state index is 13.4. The van der Waals surface area contributed by atoms with Crippen molar-refractivity contribution in [3.63, 3.8) is 0 Å². The van der Waals surface area contributed by atoms with Crippen molar-refractivity contribution in [3.05, 3.63) is 53.1 Å². The summed E-state index contributed by atoms with van der Waals surface area (Å²) in [4.78, 5) is 29.7. The van der Waals surface area contributed by atoms with Gasteiger partial charge in [-0.1, -0.05) is 18.5 Å². The SMILES string of the molecule is CO[C@H]1CN(C)C(=O)c2cc(NC(=O)Nc3ccc(Cl)cc3)ccc2OC[C@H](C)N(C)C[C@@H]1C. The van der Waals surface area contributed by atoms with E-state index in [0.29, 0.717) is 40.9 Å². The number of amides is 3. The number of anilines is 2. The lowest BCUT2D eigenvalue weighted by Crippen LogP contribution is -2.45. The third-order valence-electron chi connectivity index (χ3n) is 6.12. The molecule has 1 aliphatic rings. The van der Waals surface area contributed by atoms with Crippen LogP contribution in [0.4, 0.5) is 16.2 Å². The molecule has 2 aromatic carbocycles. The van der Waals surface area contributed by atoms with Crippen molar-refractivity contribution in [2.24, 2.45) is 5.92 Å². The van der Waals surface area contributed by atoms with Crippen molar-refractivity contribution in [3.8, 4) is 5.75 Å². The molecule has 3 rings (SSSR count). The minimum absolute atomic E-state index is 0.112. The van der Waals surface area contributed by atoms with Gasteiger partial charge in [-0.05, 0) is 62.4 Å². The van der Waals surface area contributed by atoms with Gasteiger partial charge in [-0.15, -0.1) is 0 Å². The Balaban J connectivity index is 1.84. The highest BCUT2D eigenvalue weighted by molar-refractivity contribution is 6.30. The van der Waals surface area contributed by atoms with E-state index in [-0.39, 0.29) is 24.0 Å². The summed E-state index contributed by atoms with van der Waals surface area (Å²) in [5.74, 6) is 0.493. The molecule has 2 N–H and O–H groups in total. The lowest BCUT2D eigenvalue weighted by Gasteiger charge is -2.34. The summed E-state index contributed by atoms with van der Waals surface area (Å²) in [5, 5.41) is 6.11. The molecule has 0 spiro atoms. The number of hydrogen-bond donors (Lipinski definition) is 2. The number of methoxy groups -OCH3 is 1. The van der Waals surface area contributed by atoms with Crippen molar-refractivity contribution in [1.29, 1.82) is 0 Å². The first-order valence-corrected chi connectivity index (χ1v) is 11.6. The Hall–Kier alpha value is -2.81. The normalized spacial score (nSPS) is 22.1. The van der Waals surface area contributed by atoms with Gasteiger partial charge >= 0.3 is 6.03 Å². The Kier molecular flexibility index (Phi) is 8.77. The zero-order valence-electron chi connectivity index (χ0n) is 20.3. The predicted octanol–water partition coefficient (Wildman–Crippen LogP) is 4.42. The number of carbonyl (C=O) groups excluding carboxylic acids is 2. The van der Waals surface area contributed by atoms with Gasteiger partial charge in [0.1, 0.15) is 12.4 Å². The van der Waals surface area contributed by atoms with Crippen molar-refractivity contribution in [1.82, 2.24) is 9.80 Å². The number of benzene rings is 2. The summed E-state index contributed by atoms with van der Waals surface area (Å²) in [5.41, 5.74) is 1.46. The molecule has 184 valence electrons. The Morgan fingerprint density at radius 2 is 1.71 bits per heavy atom. The van der Waals surface area contributed by atoms with Crippen LogP contribution < -0.4 is 15.4 Å². The third kappa shape index (κ3) is 6.62. The van der Waals surface area contributed by atoms with Gasteiger partial charge in [0, 0.05) is 49.7 Å². The van der Waals surface area contributed by atoms with Gasteiger partial charge in [-0.3, -0.25) is 9.69 Å². The summed E-state index contributed by atoms with van der Waals surface area (Å²) in [7, 11) is 5.48. The van der Waals surface area contributed by atoms with Crippen LogP contribution in [0.3, 0.4) is 0 Å². The zero-order chi connectivity index (χ0) is 24.8. The van der Waals surface area contributed by atoms with E-state index in [4.69, 9.17) is 21.1 Å². The molecule has 3 amide bonds. The van der Waals surface area contributed by atoms with Crippen molar-refractivity contribution >= 4 is 34.9 Å². The first kappa shape index (κ1) is 25.8. The molecule has 2 aromatic rings. The molecule has 3 atom stereocenters. The number of halogens is 1. The van der Waals surface area contributed by atoms with Crippen molar-refractivity contribution in [2.75, 3.05) is 51.5 Å². The molecule has 0 aliphatic carbocycles. The molecule has 8 nitrogen and oxygen atoms in total. The summed E-state index contributed by atoms with van der Waals surface area (Å²) in [6.07, 6.45) is -0.112. The van der Waals surface area contributed by atoms with Crippen LogP contribution in [0.5, 0.6) is 5.75 Å². The molecule has 34 heavy (non-hydrogen) atoms. The molecular formula is C25H33ClN4O4. The molecule has 0 fully saturated rings. The number of rotatable bonds is 3. The van der Waals surface area contributed by atoms with Gasteiger partial charge in [0.15, 0.2) is 0 Å². The van der Waals surface area contributed by atoms with Gasteiger partial charge in [-0.25, -0.2) is 4.79 Å². The molecule has 0 unspecified atom stereocenters. The van der Waals surface area contributed by atoms with Crippen molar-refractivity contribution in [2.45, 2.75) is 26.0 Å². The number of hydrogen-bond acceptors (Lipinski definition) is 5. The number of ether oxygens (including phenoxy) is 2. The van der Waals surface area contributed by atoms with E-state index in [1.807, 2.05) is 0 Å². The van der Waals surface area contributed by atoms with E-state index in [1.54, 1.807) is 61.5 Å². The summed E-state index contributed by atoms with van der Waals surface area (Å²) >= 11 is 5.89. The molecule has 0 aromatic heterocycles. The number of nitrogens with zero attached hydrogens (tertiary/aromatic N) is 2. The average molecular weight is 489 g/mol. The second kappa shape index (κ2) is 11.6. The van der Waals surface area contributed by atoms with E-state index in [1.165, 1.54) is 0 Å². The predicted molar refractivity (Wildman–Crippen MR) is 135 cm³/mol. The lowest BCUT2D eigenvalue weighted by molar-refractivity contribution is 0.0150. The van der Waals surface area contributed by atoms with E-state index >= 15 is 0 Å². The Morgan fingerprint density at radius 1 is 1.06 bits per heavy atom. The third-order valence-corrected chi connectivity index (χ3v) is 6.37. The van der Waals surface area contributed by atoms with Crippen LogP contribution in [-0.4, -0.2) is 74.8 Å². The summed E-state index contributed by atoms with van der Waals surface area (Å²) in [6.45, 7) is 5.90. The molecule has 1 aliphatic heterocycles. The van der Waals surface area contributed by atoms with Crippen LogP contribution in [0.25, 0.3) is 0 Å². The minimum atomic E-state index is -0.430. The van der Waals surface area contributed by atoms with Crippen molar-refractivity contribution < 1.29 is 19.1 Å². The van der Waals surface area contributed by atoms with Crippen LogP contribution in [0.2, 0.25) is 5.02 Å². The quantitative estimate of drug-likeness (QED) is 0.668. The molecule has 0 saturated carbocycles. The van der Waals surface area contributed by atoms with Crippen LogP contribution in [0.15, 0.2) is 42.5 Å². The number of urea groups is 1. The van der Waals surface area contributed by atoms with Gasteiger partial charge in [0.05, 0.1) is 11.7 Å². The minimum Gasteiger partial charge on any atom is -0.491 e. The largest absolute Gasteiger partial charge is 0.491 e. The smallest absolute Gasteiger partial charge is 0.323 e. The first-order valence-electron chi connectivity index (χ1n) is 11.3. The van der Waals surface area contributed by atoms with Crippen LogP contribution in [0.1, 0.15) is 24.2 Å². The monoisotopic (exact) mass is 488 g/mol. The van der Waals surface area contributed by atoms with E-state index < -0.39 is 6.03 Å². The summed E-state index contributed by atoms with van der Waals surface area (Å²) in [6, 6.07) is 11.6. The number of nitrogens with one attached hydrogen (secondary N) is 2. The van der Waals surface area contributed by atoms with E-state index in [2.05, 4.69) is 36.4 Å². The number of fused-ring (bicyclic) bond motifs is 1. The fraction of sp³-hybridized carbons (Fsp3) is 0.440. The second-order valence-corrected chi connectivity index (χ2v) is 9.27. The molecule has 0 saturated heterocycles. The summed E-state index contributed by atoms with van der Waals surface area (Å²) < 4.78 is 11.8. The highest BCUT2D eigenvalue weighted by Gasteiger charge is 2.27. The van der Waals surface area contributed by atoms with Crippen LogP contribution >= 0.6 is 11.6 Å². The first-order chi connectivity index (χ1) is 16.2. The van der Waals surface area contributed by atoms with E-state index in [9.17, 15) is 9.59 Å². The molecular weight excluding hydrogens is 456 g/mol. The Labute approximate surface area is 206 Å². The van der Waals surface area contributed by atoms with Gasteiger partial charge in [0.2, 0.25) is 0 Å². The fourth-order valence-corrected chi connectivity index (χ4v) is 3.99. The molecule has 1 heterocycles. The fourth-order valence-electron chi connectivity index (χ4n) is 3.86. The molecule has 0 bridgehead atoms. The van der Waals surface area contributed by atoms with E-state index in [0.717, 1.165) is 6.54 Å². The number of likely N-dealkylation sites (N-methyl/N-ethyl adjacent to an activating group) is 2. The molecule has 9 heteroatoms. The maximum Gasteiger partial charge on any atom is 0.323 e. The molecule has 0 radical (unpaired) electrons. The van der Waals surface area contributed by atoms with Gasteiger partial charge in [-0.2, -0.15) is 0 Å². The Bertz CT molecular complexity index is 1000. The standard InChI is InChI=1S/C25H33ClN4O4/c1-16-13-29(3)17(2)15-34-22-11-10-20(12-21(22)24(31)30(4)14-23(16)33-5)28-25(32)27-19-8-6-18(26)7-9-19/h6-12,16-17,23H,13-15H2,1-5H3,(H2,27,28,32)/t16-,17-,23-/m0/s1. The maximum atomic E-state index is 13.4. The highest BCUT2D eigenvalue weighted by Crippen LogP contribution is 2.26. The van der Waals surface area contributed by atoms with Crippen LogP contribution in [-0.2, 0) is 4.74 Å². The topological polar surface area (TPSA) is 83.1 Å². The van der Waals surface area contributed by atoms with Crippen LogP contribution in [0, 0.1) is 5.92 Å². The Morgan fingerprint density at radius 3 is 2.38 bits per heavy atom. The number of carbonyl (C=O) groups is 2. The average Bonchev–Trinajstić information content (AvgIpc) is 2.81. The van der Waals surface area contributed by atoms with Gasteiger partial charge < -0.3 is 25.0 Å². The van der Waals surface area contributed by atoms with Gasteiger partial charge in [0.25, 0.3) is 5.91 Å². The highest BCUT2D eigenvalue weighted by atomic mass is 35.5. The lowest BCUT2D eigenvalue weighted by atomic mass is 10.0. The zero-order valence-corrected chi connectivity index (χ0v) is 21.1.